The first-order chi connectivity index (χ1) is 18.9. The minimum Gasteiger partial charge on any atom is -0.492 e. The van der Waals surface area contributed by atoms with Crippen LogP contribution in [0.5, 0.6) is 17.2 Å². The monoisotopic (exact) mass is 532 g/mol. The SMILES string of the molecule is COC(=O)CC1COc2cc(OCc3cccc(-c4c(C)cc(OCC5CCC(O)CO5)cc4C)c3)ccc21. The lowest BCUT2D eigenvalue weighted by atomic mass is 9.94. The van der Waals surface area contributed by atoms with Crippen LogP contribution in [0.15, 0.2) is 54.6 Å². The van der Waals surface area contributed by atoms with Gasteiger partial charge in [-0.3, -0.25) is 4.79 Å². The molecule has 1 N–H and O–H groups in total. The van der Waals surface area contributed by atoms with Gasteiger partial charge in [-0.25, -0.2) is 0 Å². The highest BCUT2D eigenvalue weighted by molar-refractivity contribution is 5.72. The van der Waals surface area contributed by atoms with E-state index in [0.29, 0.717) is 32.8 Å². The van der Waals surface area contributed by atoms with Crippen LogP contribution < -0.4 is 14.2 Å². The fraction of sp³-hybridized carbons (Fsp3) is 0.406. The van der Waals surface area contributed by atoms with Gasteiger partial charge in [0.2, 0.25) is 0 Å². The number of ether oxygens (including phenoxy) is 5. The number of fused-ring (bicyclic) bond motifs is 1. The van der Waals surface area contributed by atoms with E-state index in [1.165, 1.54) is 12.7 Å². The molecule has 0 radical (unpaired) electrons. The summed E-state index contributed by atoms with van der Waals surface area (Å²) in [6.07, 6.45) is 1.52. The molecule has 3 aromatic carbocycles. The smallest absolute Gasteiger partial charge is 0.306 e. The van der Waals surface area contributed by atoms with Crippen molar-refractivity contribution >= 4 is 5.97 Å². The molecule has 3 unspecified atom stereocenters. The van der Waals surface area contributed by atoms with Gasteiger partial charge in [0, 0.05) is 17.5 Å². The lowest BCUT2D eigenvalue weighted by molar-refractivity contribution is -0.141. The quantitative estimate of drug-likeness (QED) is 0.364. The van der Waals surface area contributed by atoms with E-state index in [1.54, 1.807) is 0 Å². The first kappa shape index (κ1) is 27.0. The summed E-state index contributed by atoms with van der Waals surface area (Å²) in [5.41, 5.74) is 6.67. The third kappa shape index (κ3) is 6.54. The molecule has 5 rings (SSSR count). The van der Waals surface area contributed by atoms with E-state index >= 15 is 0 Å². The molecule has 0 spiro atoms. The van der Waals surface area contributed by atoms with E-state index in [9.17, 15) is 9.90 Å². The minimum atomic E-state index is -0.360. The van der Waals surface area contributed by atoms with Crippen molar-refractivity contribution in [3.8, 4) is 28.4 Å². The van der Waals surface area contributed by atoms with Crippen molar-refractivity contribution < 1.29 is 33.6 Å². The Kier molecular flexibility index (Phi) is 8.38. The number of carbonyl (C=O) groups excluding carboxylic acids is 1. The van der Waals surface area contributed by atoms with E-state index in [4.69, 9.17) is 23.7 Å². The maximum Gasteiger partial charge on any atom is 0.306 e. The summed E-state index contributed by atoms with van der Waals surface area (Å²) >= 11 is 0. The van der Waals surface area contributed by atoms with Crippen molar-refractivity contribution in [2.45, 2.75) is 57.8 Å². The van der Waals surface area contributed by atoms with Crippen molar-refractivity contribution in [3.05, 3.63) is 76.9 Å². The number of hydrogen-bond acceptors (Lipinski definition) is 7. The van der Waals surface area contributed by atoms with Crippen molar-refractivity contribution in [2.24, 2.45) is 0 Å². The van der Waals surface area contributed by atoms with E-state index in [1.807, 2.05) is 18.2 Å². The average Bonchev–Trinajstić information content (AvgIpc) is 3.33. The van der Waals surface area contributed by atoms with Crippen LogP contribution in [-0.4, -0.2) is 50.2 Å². The van der Waals surface area contributed by atoms with Crippen LogP contribution in [0.25, 0.3) is 11.1 Å². The molecular weight excluding hydrogens is 496 g/mol. The Morgan fingerprint density at radius 2 is 1.79 bits per heavy atom. The summed E-state index contributed by atoms with van der Waals surface area (Å²) in [5.74, 6) is 2.09. The lowest BCUT2D eigenvalue weighted by Crippen LogP contribution is -2.33. The third-order valence-corrected chi connectivity index (χ3v) is 7.42. The van der Waals surface area contributed by atoms with E-state index in [-0.39, 0.29) is 24.1 Å². The molecule has 206 valence electrons. The van der Waals surface area contributed by atoms with Gasteiger partial charge in [-0.15, -0.1) is 0 Å². The maximum atomic E-state index is 11.7. The second kappa shape index (κ2) is 12.1. The third-order valence-electron chi connectivity index (χ3n) is 7.42. The van der Waals surface area contributed by atoms with Crippen molar-refractivity contribution in [2.75, 3.05) is 26.9 Å². The fourth-order valence-corrected chi connectivity index (χ4v) is 5.36. The van der Waals surface area contributed by atoms with Gasteiger partial charge < -0.3 is 28.8 Å². The van der Waals surface area contributed by atoms with Gasteiger partial charge in [0.25, 0.3) is 0 Å². The number of benzene rings is 3. The van der Waals surface area contributed by atoms with E-state index in [2.05, 4.69) is 50.2 Å². The number of aryl methyl sites for hydroxylation is 2. The van der Waals surface area contributed by atoms with Crippen LogP contribution in [0, 0.1) is 13.8 Å². The van der Waals surface area contributed by atoms with Gasteiger partial charge >= 0.3 is 5.97 Å². The zero-order valence-electron chi connectivity index (χ0n) is 22.8. The molecule has 1 fully saturated rings. The van der Waals surface area contributed by atoms with E-state index in [0.717, 1.165) is 57.9 Å². The Bertz CT molecular complexity index is 1290. The zero-order chi connectivity index (χ0) is 27.4. The number of aliphatic hydroxyl groups excluding tert-OH is 1. The largest absolute Gasteiger partial charge is 0.492 e. The predicted octanol–water partition coefficient (Wildman–Crippen LogP) is 5.51. The van der Waals surface area contributed by atoms with Gasteiger partial charge in [-0.2, -0.15) is 0 Å². The van der Waals surface area contributed by atoms with Crippen LogP contribution in [0.4, 0.5) is 0 Å². The molecule has 0 saturated carbocycles. The topological polar surface area (TPSA) is 83.5 Å². The molecule has 1 saturated heterocycles. The minimum absolute atomic E-state index is 0.0102. The highest BCUT2D eigenvalue weighted by atomic mass is 16.5. The fourth-order valence-electron chi connectivity index (χ4n) is 5.36. The molecule has 2 heterocycles. The van der Waals surface area contributed by atoms with Crippen LogP contribution in [0.2, 0.25) is 0 Å². The summed E-state index contributed by atoms with van der Waals surface area (Å²) < 4.78 is 28.4. The Labute approximate surface area is 229 Å². The maximum absolute atomic E-state index is 11.7. The summed E-state index contributed by atoms with van der Waals surface area (Å²) in [4.78, 5) is 11.7. The predicted molar refractivity (Wildman–Crippen MR) is 147 cm³/mol. The number of esters is 1. The Hall–Kier alpha value is -3.55. The Morgan fingerprint density at radius 3 is 2.54 bits per heavy atom. The molecule has 39 heavy (non-hydrogen) atoms. The molecule has 3 atom stereocenters. The molecule has 7 nitrogen and oxygen atoms in total. The van der Waals surface area contributed by atoms with Crippen LogP contribution in [0.1, 0.15) is 47.4 Å². The van der Waals surface area contributed by atoms with Gasteiger partial charge in [-0.05, 0) is 78.8 Å². The molecule has 0 aromatic heterocycles. The highest BCUT2D eigenvalue weighted by Crippen LogP contribution is 2.39. The van der Waals surface area contributed by atoms with Gasteiger partial charge in [0.05, 0.1) is 39.0 Å². The molecule has 2 aliphatic heterocycles. The van der Waals surface area contributed by atoms with Gasteiger partial charge in [0.15, 0.2) is 0 Å². The van der Waals surface area contributed by atoms with Crippen molar-refractivity contribution in [1.82, 2.24) is 0 Å². The summed E-state index contributed by atoms with van der Waals surface area (Å²) in [7, 11) is 1.40. The van der Waals surface area contributed by atoms with Crippen LogP contribution >= 0.6 is 0 Å². The number of aliphatic hydroxyl groups is 1. The van der Waals surface area contributed by atoms with Crippen molar-refractivity contribution in [3.63, 3.8) is 0 Å². The molecule has 7 heteroatoms. The molecule has 3 aromatic rings. The highest BCUT2D eigenvalue weighted by Gasteiger charge is 2.27. The average molecular weight is 533 g/mol. The number of methoxy groups -OCH3 is 1. The Balaban J connectivity index is 1.22. The number of carbonyl (C=O) groups is 1. The van der Waals surface area contributed by atoms with E-state index < -0.39 is 0 Å². The molecule has 0 bridgehead atoms. The molecule has 0 amide bonds. The number of hydrogen-bond donors (Lipinski definition) is 1. The van der Waals surface area contributed by atoms with Gasteiger partial charge in [-0.1, -0.05) is 24.3 Å². The summed E-state index contributed by atoms with van der Waals surface area (Å²) in [5, 5.41) is 9.62. The van der Waals surface area contributed by atoms with Gasteiger partial charge in [0.1, 0.15) is 30.5 Å². The molecular formula is C32H36O7. The van der Waals surface area contributed by atoms with Crippen LogP contribution in [-0.2, 0) is 20.9 Å². The first-order valence-electron chi connectivity index (χ1n) is 13.5. The van der Waals surface area contributed by atoms with Crippen molar-refractivity contribution in [1.29, 1.82) is 0 Å². The number of rotatable bonds is 9. The molecule has 2 aliphatic rings. The second-order valence-corrected chi connectivity index (χ2v) is 10.4. The molecule has 0 aliphatic carbocycles. The normalized spacial score (nSPS) is 20.2. The lowest BCUT2D eigenvalue weighted by Gasteiger charge is -2.26. The zero-order valence-corrected chi connectivity index (χ0v) is 22.8. The Morgan fingerprint density at radius 1 is 0.974 bits per heavy atom. The van der Waals surface area contributed by atoms with Crippen LogP contribution in [0.3, 0.4) is 0 Å². The first-order valence-corrected chi connectivity index (χ1v) is 13.5. The summed E-state index contributed by atoms with van der Waals surface area (Å²) in [6, 6.07) is 18.3. The second-order valence-electron chi connectivity index (χ2n) is 10.4. The standard InChI is InChI=1S/C32H36O7/c1-20-11-28(38-19-27-8-7-25(33)18-37-27)12-21(2)32(20)23-6-4-5-22(13-23)16-36-26-9-10-29-24(14-31(34)35-3)17-39-30(29)15-26/h4-6,9-13,15,24-25,27,33H,7-8,14,16-19H2,1-3H3. The summed E-state index contributed by atoms with van der Waals surface area (Å²) in [6.45, 7) is 5.96.